The molecule has 0 saturated heterocycles. The highest BCUT2D eigenvalue weighted by Gasteiger charge is 2.12. The van der Waals surface area contributed by atoms with Gasteiger partial charge in [-0.15, -0.1) is 5.16 Å². The summed E-state index contributed by atoms with van der Waals surface area (Å²) in [5.41, 5.74) is 1.83. The molecule has 1 aromatic heterocycles. The van der Waals surface area contributed by atoms with Crippen molar-refractivity contribution in [1.82, 2.24) is 4.98 Å². The van der Waals surface area contributed by atoms with E-state index in [0.717, 1.165) is 21.8 Å². The van der Waals surface area contributed by atoms with E-state index in [9.17, 15) is 4.89 Å². The first-order valence-electron chi connectivity index (χ1n) is 4.95. The average Bonchev–Trinajstić information content (AvgIpc) is 2.67. The summed E-state index contributed by atoms with van der Waals surface area (Å²) in [6, 6.07) is 13.5. The molecule has 0 saturated carbocycles. The standard InChI is InChI=1S/C12H9N2OP/c13-16(15)11-7-3-5-9-8-4-1-2-6-10(8)14-12(9)11/h1-7,13-14H. The second-order valence-electron chi connectivity index (χ2n) is 3.66. The van der Waals surface area contributed by atoms with Gasteiger partial charge in [-0.25, -0.2) is 0 Å². The molecule has 2 aromatic carbocycles. The van der Waals surface area contributed by atoms with E-state index in [0.29, 0.717) is 5.30 Å². The van der Waals surface area contributed by atoms with E-state index in [1.54, 1.807) is 6.07 Å². The molecule has 1 unspecified atom stereocenters. The third-order valence-corrected chi connectivity index (χ3v) is 3.55. The van der Waals surface area contributed by atoms with E-state index in [4.69, 9.17) is 5.16 Å². The summed E-state index contributed by atoms with van der Waals surface area (Å²) in [5, 5.41) is 10.1. The van der Waals surface area contributed by atoms with Gasteiger partial charge >= 0.3 is 0 Å². The number of aromatic nitrogens is 1. The van der Waals surface area contributed by atoms with Crippen LogP contribution in [-0.2, 0) is 0 Å². The maximum Gasteiger partial charge on any atom is 0.201 e. The fourth-order valence-corrected chi connectivity index (χ4v) is 2.63. The molecule has 0 fully saturated rings. The highest BCUT2D eigenvalue weighted by molar-refractivity contribution is 7.47. The van der Waals surface area contributed by atoms with Crippen LogP contribution in [0, 0.1) is 5.16 Å². The van der Waals surface area contributed by atoms with Gasteiger partial charge in [0.25, 0.3) is 0 Å². The van der Waals surface area contributed by atoms with Gasteiger partial charge in [0.1, 0.15) is 0 Å². The van der Waals surface area contributed by atoms with Gasteiger partial charge in [0, 0.05) is 16.3 Å². The van der Waals surface area contributed by atoms with Crippen LogP contribution in [-0.4, -0.2) is 4.98 Å². The van der Waals surface area contributed by atoms with Crippen LogP contribution in [0.5, 0.6) is 0 Å². The minimum atomic E-state index is -2.06. The molecule has 0 aliphatic rings. The minimum Gasteiger partial charge on any atom is -0.608 e. The van der Waals surface area contributed by atoms with Crippen LogP contribution in [0.25, 0.3) is 21.8 Å². The van der Waals surface area contributed by atoms with Crippen molar-refractivity contribution in [3.63, 3.8) is 0 Å². The molecule has 4 heteroatoms. The zero-order valence-corrected chi connectivity index (χ0v) is 9.29. The van der Waals surface area contributed by atoms with E-state index in [-0.39, 0.29) is 0 Å². The van der Waals surface area contributed by atoms with E-state index in [1.165, 1.54) is 0 Å². The Balaban J connectivity index is 2.54. The zero-order chi connectivity index (χ0) is 11.1. The maximum atomic E-state index is 11.3. The van der Waals surface area contributed by atoms with Crippen molar-refractivity contribution in [1.29, 1.82) is 5.16 Å². The molecule has 0 radical (unpaired) electrons. The molecule has 0 aliphatic carbocycles. The summed E-state index contributed by atoms with van der Waals surface area (Å²) in [6.45, 7) is 0. The van der Waals surface area contributed by atoms with Crippen molar-refractivity contribution >= 4 is 35.1 Å². The lowest BCUT2D eigenvalue weighted by atomic mass is 10.1. The molecular weight excluding hydrogens is 219 g/mol. The number of rotatable bonds is 1. The summed E-state index contributed by atoms with van der Waals surface area (Å²) in [4.78, 5) is 14.6. The monoisotopic (exact) mass is 228 g/mol. The van der Waals surface area contributed by atoms with Gasteiger partial charge in [0.15, 0.2) is 5.30 Å². The Morgan fingerprint density at radius 3 is 2.56 bits per heavy atom. The lowest BCUT2D eigenvalue weighted by Gasteiger charge is -1.95. The molecule has 16 heavy (non-hydrogen) atoms. The minimum absolute atomic E-state index is 0.573. The van der Waals surface area contributed by atoms with Crippen LogP contribution in [0.2, 0.25) is 0 Å². The number of H-pyrrole nitrogens is 1. The number of para-hydroxylation sites is 2. The van der Waals surface area contributed by atoms with Crippen molar-refractivity contribution in [2.45, 2.75) is 0 Å². The Morgan fingerprint density at radius 1 is 1.00 bits per heavy atom. The zero-order valence-electron chi connectivity index (χ0n) is 8.40. The second kappa shape index (κ2) is 3.41. The summed E-state index contributed by atoms with van der Waals surface area (Å²) < 4.78 is 0. The number of fused-ring (bicyclic) bond motifs is 3. The topological polar surface area (TPSA) is 62.7 Å². The van der Waals surface area contributed by atoms with Crippen molar-refractivity contribution in [3.05, 3.63) is 42.5 Å². The molecular formula is C12H9N2OP. The Labute approximate surface area is 93.1 Å². The fourth-order valence-electron chi connectivity index (χ4n) is 2.03. The van der Waals surface area contributed by atoms with Crippen LogP contribution in [0.3, 0.4) is 0 Å². The molecule has 78 valence electrons. The number of hydrogen-bond donors (Lipinski definition) is 2. The van der Waals surface area contributed by atoms with E-state index in [1.807, 2.05) is 36.4 Å². The van der Waals surface area contributed by atoms with Crippen molar-refractivity contribution in [3.8, 4) is 0 Å². The quantitative estimate of drug-likeness (QED) is 0.617. The van der Waals surface area contributed by atoms with E-state index >= 15 is 0 Å². The molecule has 0 bridgehead atoms. The first-order valence-corrected chi connectivity index (χ1v) is 6.21. The molecule has 3 aromatic rings. The molecule has 1 heterocycles. The van der Waals surface area contributed by atoms with Crippen LogP contribution in [0.15, 0.2) is 42.5 Å². The van der Waals surface area contributed by atoms with Crippen molar-refractivity contribution in [2.24, 2.45) is 0 Å². The van der Waals surface area contributed by atoms with Gasteiger partial charge in [-0.3, -0.25) is 0 Å². The summed E-state index contributed by atoms with van der Waals surface area (Å²) in [7, 11) is -2.06. The Hall–Kier alpha value is -1.70. The third-order valence-electron chi connectivity index (χ3n) is 2.74. The summed E-state index contributed by atoms with van der Waals surface area (Å²) in [6.07, 6.45) is 0. The average molecular weight is 228 g/mol. The van der Waals surface area contributed by atoms with Gasteiger partial charge in [-0.05, 0) is 12.1 Å². The van der Waals surface area contributed by atoms with Crippen LogP contribution in [0.1, 0.15) is 0 Å². The molecule has 0 spiro atoms. The highest BCUT2D eigenvalue weighted by atomic mass is 31.1. The first kappa shape index (κ1) is 9.52. The lowest BCUT2D eigenvalue weighted by Crippen LogP contribution is -2.04. The fraction of sp³-hybridized carbons (Fsp3) is 0. The second-order valence-corrected chi connectivity index (χ2v) is 4.74. The van der Waals surface area contributed by atoms with E-state index < -0.39 is 7.94 Å². The molecule has 0 aliphatic heterocycles. The van der Waals surface area contributed by atoms with Gasteiger partial charge in [0.2, 0.25) is 7.94 Å². The summed E-state index contributed by atoms with van der Waals surface area (Å²) in [5.74, 6) is 0. The number of benzene rings is 2. The Morgan fingerprint density at radius 2 is 1.75 bits per heavy atom. The normalized spacial score (nSPS) is 12.2. The third kappa shape index (κ3) is 1.26. The number of hydrogen-bond acceptors (Lipinski definition) is 2. The number of aromatic amines is 1. The summed E-state index contributed by atoms with van der Waals surface area (Å²) >= 11 is 0. The van der Waals surface area contributed by atoms with E-state index in [2.05, 4.69) is 4.98 Å². The highest BCUT2D eigenvalue weighted by Crippen LogP contribution is 2.26. The largest absolute Gasteiger partial charge is 0.608 e. The Kier molecular flexibility index (Phi) is 2.03. The van der Waals surface area contributed by atoms with Gasteiger partial charge in [0.05, 0.1) is 5.52 Å². The molecule has 1 atom stereocenters. The predicted molar refractivity (Wildman–Crippen MR) is 65.1 cm³/mol. The molecule has 2 N–H and O–H groups in total. The van der Waals surface area contributed by atoms with Gasteiger partial charge in [-0.1, -0.05) is 30.3 Å². The lowest BCUT2D eigenvalue weighted by molar-refractivity contribution is -0.153. The molecule has 0 amide bonds. The van der Waals surface area contributed by atoms with Crippen LogP contribution < -0.4 is 10.2 Å². The molecule has 3 nitrogen and oxygen atoms in total. The van der Waals surface area contributed by atoms with Gasteiger partial charge < -0.3 is 9.88 Å². The predicted octanol–water partition coefficient (Wildman–Crippen LogP) is 2.47. The number of nitrogens with one attached hydrogen (secondary N) is 2. The van der Waals surface area contributed by atoms with Gasteiger partial charge in [-0.2, -0.15) is 0 Å². The smallest absolute Gasteiger partial charge is 0.201 e. The van der Waals surface area contributed by atoms with Crippen LogP contribution >= 0.6 is 7.94 Å². The van der Waals surface area contributed by atoms with Crippen molar-refractivity contribution in [2.75, 3.05) is 0 Å². The molecule has 3 rings (SSSR count). The first-order chi connectivity index (χ1) is 7.77. The van der Waals surface area contributed by atoms with Crippen molar-refractivity contribution < 1.29 is 4.89 Å². The maximum absolute atomic E-state index is 11.3. The Bertz CT molecular complexity index is 702. The van der Waals surface area contributed by atoms with Crippen LogP contribution in [0.4, 0.5) is 0 Å². The SMILES string of the molecule is N=[P+]([O-])c1cccc2c1[nH]c1ccccc12.